The summed E-state index contributed by atoms with van der Waals surface area (Å²) in [7, 11) is -3.72. The van der Waals surface area contributed by atoms with Crippen molar-refractivity contribution in [2.24, 2.45) is 5.92 Å². The number of esters is 1. The summed E-state index contributed by atoms with van der Waals surface area (Å²) in [6.07, 6.45) is 4.77. The van der Waals surface area contributed by atoms with Crippen LogP contribution in [0.3, 0.4) is 0 Å². The lowest BCUT2D eigenvalue weighted by molar-refractivity contribution is -0.153. The number of rotatable bonds is 6. The van der Waals surface area contributed by atoms with Gasteiger partial charge in [0.15, 0.2) is 6.61 Å². The summed E-state index contributed by atoms with van der Waals surface area (Å²) in [6, 6.07) is 4.84. The molecule has 0 spiro atoms. The van der Waals surface area contributed by atoms with Crippen molar-refractivity contribution in [2.75, 3.05) is 19.7 Å². The summed E-state index contributed by atoms with van der Waals surface area (Å²) >= 11 is 0. The molecule has 154 valence electrons. The number of nitrogens with one attached hydrogen (secondary N) is 1. The number of halogens is 1. The smallest absolute Gasteiger partial charge is 0.309 e. The minimum Gasteiger partial charge on any atom is -0.455 e. The van der Waals surface area contributed by atoms with Crippen molar-refractivity contribution in [3.8, 4) is 0 Å². The number of amides is 1. The number of ether oxygens (including phenoxy) is 1. The molecule has 28 heavy (non-hydrogen) atoms. The lowest BCUT2D eigenvalue weighted by Crippen LogP contribution is -2.41. The van der Waals surface area contributed by atoms with E-state index >= 15 is 0 Å². The van der Waals surface area contributed by atoms with Crippen LogP contribution < -0.4 is 5.32 Å². The van der Waals surface area contributed by atoms with Gasteiger partial charge in [0.05, 0.1) is 10.8 Å². The van der Waals surface area contributed by atoms with Crippen molar-refractivity contribution in [3.05, 3.63) is 30.1 Å². The first-order valence-electron chi connectivity index (χ1n) is 9.58. The summed E-state index contributed by atoms with van der Waals surface area (Å²) in [5.74, 6) is -1.70. The molecule has 3 rings (SSSR count). The number of piperidine rings is 1. The van der Waals surface area contributed by atoms with Crippen molar-refractivity contribution in [1.29, 1.82) is 0 Å². The molecule has 9 heteroatoms. The molecule has 0 unspecified atom stereocenters. The maximum Gasteiger partial charge on any atom is 0.309 e. The minimum atomic E-state index is -3.72. The zero-order valence-electron chi connectivity index (χ0n) is 15.6. The zero-order chi connectivity index (χ0) is 20.1. The molecule has 1 aromatic carbocycles. The van der Waals surface area contributed by atoms with Gasteiger partial charge < -0.3 is 10.1 Å². The molecule has 1 saturated carbocycles. The highest BCUT2D eigenvalue weighted by atomic mass is 32.2. The normalized spacial score (nSPS) is 19.5. The predicted molar refractivity (Wildman–Crippen MR) is 99.2 cm³/mol. The van der Waals surface area contributed by atoms with E-state index in [2.05, 4.69) is 5.32 Å². The Bertz CT molecular complexity index is 798. The summed E-state index contributed by atoms with van der Waals surface area (Å²) in [6.45, 7) is 0.0465. The molecule has 1 aliphatic carbocycles. The van der Waals surface area contributed by atoms with Gasteiger partial charge in [-0.1, -0.05) is 12.8 Å². The Hall–Kier alpha value is -2.00. The fraction of sp³-hybridized carbons (Fsp3) is 0.579. The van der Waals surface area contributed by atoms with Crippen LogP contribution >= 0.6 is 0 Å². The highest BCUT2D eigenvalue weighted by Crippen LogP contribution is 2.25. The first kappa shape index (κ1) is 20.7. The van der Waals surface area contributed by atoms with Crippen LogP contribution in [-0.4, -0.2) is 50.3 Å². The Kier molecular flexibility index (Phi) is 6.66. The molecule has 0 radical (unpaired) electrons. The topological polar surface area (TPSA) is 92.8 Å². The predicted octanol–water partition coefficient (Wildman–Crippen LogP) is 1.83. The van der Waals surface area contributed by atoms with Crippen LogP contribution in [0.4, 0.5) is 4.39 Å². The maximum atomic E-state index is 13.0. The Labute approximate surface area is 164 Å². The second kappa shape index (κ2) is 9.00. The number of nitrogens with zero attached hydrogens (tertiary/aromatic N) is 1. The summed E-state index contributed by atoms with van der Waals surface area (Å²) < 4.78 is 44.6. The standard InChI is InChI=1S/C19H25FN2O5S/c20-15-5-7-17(8-6-15)28(25,26)22-11-9-14(10-12-22)19(24)27-13-18(23)21-16-3-1-2-4-16/h5-8,14,16H,1-4,9-13H2,(H,21,23). The third-order valence-corrected chi connectivity index (χ3v) is 7.22. The Morgan fingerprint density at radius 3 is 2.29 bits per heavy atom. The Morgan fingerprint density at radius 1 is 1.07 bits per heavy atom. The van der Waals surface area contributed by atoms with E-state index in [4.69, 9.17) is 4.74 Å². The van der Waals surface area contributed by atoms with Crippen LogP contribution in [0.2, 0.25) is 0 Å². The highest BCUT2D eigenvalue weighted by molar-refractivity contribution is 7.89. The highest BCUT2D eigenvalue weighted by Gasteiger charge is 2.33. The molecule has 1 aromatic rings. The molecule has 1 heterocycles. The number of hydrogen-bond acceptors (Lipinski definition) is 5. The van der Waals surface area contributed by atoms with Gasteiger partial charge in [0.2, 0.25) is 10.0 Å². The molecule has 0 atom stereocenters. The quantitative estimate of drug-likeness (QED) is 0.720. The van der Waals surface area contributed by atoms with Gasteiger partial charge in [0, 0.05) is 19.1 Å². The molecule has 1 amide bonds. The van der Waals surface area contributed by atoms with Crippen molar-refractivity contribution >= 4 is 21.9 Å². The first-order chi connectivity index (χ1) is 13.4. The minimum absolute atomic E-state index is 0.0264. The number of hydrogen-bond donors (Lipinski definition) is 1. The van der Waals surface area contributed by atoms with Gasteiger partial charge in [-0.25, -0.2) is 12.8 Å². The molecule has 2 fully saturated rings. The Morgan fingerprint density at radius 2 is 1.68 bits per heavy atom. The number of benzene rings is 1. The molecule has 7 nitrogen and oxygen atoms in total. The van der Waals surface area contributed by atoms with E-state index < -0.39 is 27.7 Å². The third kappa shape index (κ3) is 5.08. The van der Waals surface area contributed by atoms with Crippen molar-refractivity contribution in [1.82, 2.24) is 9.62 Å². The molecule has 2 aliphatic rings. The van der Waals surface area contributed by atoms with E-state index in [0.29, 0.717) is 12.8 Å². The number of carbonyl (C=O) groups is 2. The second-order valence-corrected chi connectivity index (χ2v) is 9.23. The van der Waals surface area contributed by atoms with Crippen LogP contribution in [0.1, 0.15) is 38.5 Å². The number of sulfonamides is 1. The van der Waals surface area contributed by atoms with E-state index in [1.165, 1.54) is 16.4 Å². The maximum absolute atomic E-state index is 13.0. The van der Waals surface area contributed by atoms with Gasteiger partial charge in [-0.2, -0.15) is 4.31 Å². The molecule has 0 aromatic heterocycles. The summed E-state index contributed by atoms with van der Waals surface area (Å²) in [5.41, 5.74) is 0. The number of carbonyl (C=O) groups excluding carboxylic acids is 2. The summed E-state index contributed by atoms with van der Waals surface area (Å²) in [5, 5.41) is 2.86. The lowest BCUT2D eigenvalue weighted by atomic mass is 9.98. The zero-order valence-corrected chi connectivity index (χ0v) is 16.4. The molecule has 1 N–H and O–H groups in total. The largest absolute Gasteiger partial charge is 0.455 e. The first-order valence-corrected chi connectivity index (χ1v) is 11.0. The Balaban J connectivity index is 1.45. The van der Waals surface area contributed by atoms with Gasteiger partial charge in [0.25, 0.3) is 5.91 Å². The molecule has 1 aliphatic heterocycles. The second-order valence-electron chi connectivity index (χ2n) is 7.29. The van der Waals surface area contributed by atoms with Gasteiger partial charge in [-0.3, -0.25) is 9.59 Å². The van der Waals surface area contributed by atoms with Crippen molar-refractivity contribution in [3.63, 3.8) is 0 Å². The van der Waals surface area contributed by atoms with Gasteiger partial charge in [0.1, 0.15) is 5.82 Å². The van der Waals surface area contributed by atoms with Crippen molar-refractivity contribution in [2.45, 2.75) is 49.5 Å². The van der Waals surface area contributed by atoms with E-state index in [1.54, 1.807) is 0 Å². The van der Waals surface area contributed by atoms with E-state index in [0.717, 1.165) is 37.8 Å². The fourth-order valence-corrected chi connectivity index (χ4v) is 5.15. The lowest BCUT2D eigenvalue weighted by Gasteiger charge is -2.30. The van der Waals surface area contributed by atoms with Gasteiger partial charge in [-0.05, 0) is 49.9 Å². The van der Waals surface area contributed by atoms with Crippen molar-refractivity contribution < 1.29 is 27.1 Å². The van der Waals surface area contributed by atoms with E-state index in [1.807, 2.05) is 0 Å². The van der Waals surface area contributed by atoms with E-state index in [-0.39, 0.29) is 36.5 Å². The van der Waals surface area contributed by atoms with Crippen LogP contribution in [-0.2, 0) is 24.3 Å². The van der Waals surface area contributed by atoms with Crippen LogP contribution in [0.15, 0.2) is 29.2 Å². The fourth-order valence-electron chi connectivity index (χ4n) is 3.68. The van der Waals surface area contributed by atoms with Crippen LogP contribution in [0.5, 0.6) is 0 Å². The third-order valence-electron chi connectivity index (χ3n) is 5.30. The molecular weight excluding hydrogens is 387 g/mol. The average Bonchev–Trinajstić information content (AvgIpc) is 3.19. The van der Waals surface area contributed by atoms with Crippen LogP contribution in [0.25, 0.3) is 0 Å². The monoisotopic (exact) mass is 412 g/mol. The molecule has 1 saturated heterocycles. The molecule has 0 bridgehead atoms. The SMILES string of the molecule is O=C(COC(=O)C1CCN(S(=O)(=O)c2ccc(F)cc2)CC1)NC1CCCC1. The average molecular weight is 412 g/mol. The molecular formula is C19H25FN2O5S. The van der Waals surface area contributed by atoms with Gasteiger partial charge >= 0.3 is 5.97 Å². The summed E-state index contributed by atoms with van der Waals surface area (Å²) in [4.78, 5) is 24.1. The van der Waals surface area contributed by atoms with Crippen LogP contribution in [0, 0.1) is 11.7 Å². The van der Waals surface area contributed by atoms with Gasteiger partial charge in [-0.15, -0.1) is 0 Å². The van der Waals surface area contributed by atoms with E-state index in [9.17, 15) is 22.4 Å².